The van der Waals surface area contributed by atoms with Gasteiger partial charge in [-0.1, -0.05) is 12.1 Å². The quantitative estimate of drug-likeness (QED) is 0.869. The van der Waals surface area contributed by atoms with E-state index in [-0.39, 0.29) is 5.56 Å². The van der Waals surface area contributed by atoms with Crippen LogP contribution in [0.25, 0.3) is 5.69 Å². The zero-order valence-corrected chi connectivity index (χ0v) is 11.3. The van der Waals surface area contributed by atoms with Gasteiger partial charge in [-0.25, -0.2) is 9.59 Å². The molecule has 0 amide bonds. The van der Waals surface area contributed by atoms with Gasteiger partial charge in [0.05, 0.1) is 23.4 Å². The van der Waals surface area contributed by atoms with E-state index in [9.17, 15) is 14.7 Å². The molecule has 0 fully saturated rings. The molecular formula is C15H15NO4. The summed E-state index contributed by atoms with van der Waals surface area (Å²) in [6.07, 6.45) is 1.59. The predicted octanol–water partition coefficient (Wildman–Crippen LogP) is 2.66. The molecule has 0 unspecified atom stereocenters. The number of aromatic nitrogens is 1. The van der Waals surface area contributed by atoms with Crippen LogP contribution in [0.5, 0.6) is 0 Å². The lowest BCUT2D eigenvalue weighted by Crippen LogP contribution is -2.06. The number of hydrogen-bond acceptors (Lipinski definition) is 3. The van der Waals surface area contributed by atoms with Crippen molar-refractivity contribution in [3.63, 3.8) is 0 Å². The van der Waals surface area contributed by atoms with E-state index >= 15 is 0 Å². The second kappa shape index (κ2) is 5.61. The number of hydrogen-bond donors (Lipinski definition) is 1. The first-order chi connectivity index (χ1) is 9.54. The highest BCUT2D eigenvalue weighted by Gasteiger charge is 2.16. The monoisotopic (exact) mass is 273 g/mol. The summed E-state index contributed by atoms with van der Waals surface area (Å²) in [5.74, 6) is -1.42. The highest BCUT2D eigenvalue weighted by atomic mass is 16.5. The summed E-state index contributed by atoms with van der Waals surface area (Å²) in [7, 11) is 0. The molecule has 0 bridgehead atoms. The van der Waals surface area contributed by atoms with Crippen LogP contribution in [0.2, 0.25) is 0 Å². The van der Waals surface area contributed by atoms with Crippen LogP contribution < -0.4 is 0 Å². The number of carbonyl (C=O) groups is 2. The molecule has 2 aromatic rings. The van der Waals surface area contributed by atoms with Crippen molar-refractivity contribution in [1.82, 2.24) is 4.57 Å². The molecule has 0 saturated heterocycles. The van der Waals surface area contributed by atoms with E-state index in [1.165, 1.54) is 6.07 Å². The Morgan fingerprint density at radius 1 is 1.30 bits per heavy atom. The predicted molar refractivity (Wildman–Crippen MR) is 73.4 cm³/mol. The Labute approximate surface area is 116 Å². The lowest BCUT2D eigenvalue weighted by Gasteiger charge is -2.09. The summed E-state index contributed by atoms with van der Waals surface area (Å²) in [4.78, 5) is 23.0. The molecular weight excluding hydrogens is 258 g/mol. The number of esters is 1. The van der Waals surface area contributed by atoms with Crippen molar-refractivity contribution in [3.05, 3.63) is 53.3 Å². The molecule has 0 aliphatic rings. The van der Waals surface area contributed by atoms with Crippen LogP contribution in [0.1, 0.15) is 33.3 Å². The number of ether oxygens (including phenoxy) is 1. The minimum Gasteiger partial charge on any atom is -0.478 e. The van der Waals surface area contributed by atoms with E-state index in [1.807, 2.05) is 0 Å². The zero-order valence-electron chi connectivity index (χ0n) is 11.3. The molecule has 0 radical (unpaired) electrons. The summed E-state index contributed by atoms with van der Waals surface area (Å²) in [6, 6.07) is 8.33. The molecule has 20 heavy (non-hydrogen) atoms. The molecule has 0 aliphatic heterocycles. The van der Waals surface area contributed by atoms with Gasteiger partial charge >= 0.3 is 11.9 Å². The lowest BCUT2D eigenvalue weighted by atomic mass is 10.2. The van der Waals surface area contributed by atoms with Gasteiger partial charge in [-0.2, -0.15) is 0 Å². The molecule has 1 aromatic heterocycles. The van der Waals surface area contributed by atoms with Gasteiger partial charge in [-0.15, -0.1) is 0 Å². The number of nitrogens with zero attached hydrogens (tertiary/aromatic N) is 1. The molecule has 5 heteroatoms. The number of benzene rings is 1. The van der Waals surface area contributed by atoms with Gasteiger partial charge in [0.25, 0.3) is 0 Å². The smallest absolute Gasteiger partial charge is 0.339 e. The van der Waals surface area contributed by atoms with Crippen molar-refractivity contribution in [2.24, 2.45) is 0 Å². The lowest BCUT2D eigenvalue weighted by molar-refractivity contribution is 0.0526. The van der Waals surface area contributed by atoms with E-state index in [2.05, 4.69) is 0 Å². The van der Waals surface area contributed by atoms with E-state index in [0.717, 1.165) is 5.69 Å². The number of carbonyl (C=O) groups excluding carboxylic acids is 1. The van der Waals surface area contributed by atoms with Crippen molar-refractivity contribution in [2.75, 3.05) is 6.61 Å². The Balaban J connectivity index is 2.49. The molecule has 104 valence electrons. The second-order valence-electron chi connectivity index (χ2n) is 4.28. The van der Waals surface area contributed by atoms with Gasteiger partial charge in [0.2, 0.25) is 0 Å². The van der Waals surface area contributed by atoms with Crippen LogP contribution in [-0.2, 0) is 4.74 Å². The fraction of sp³-hybridized carbons (Fsp3) is 0.200. The van der Waals surface area contributed by atoms with E-state index in [1.54, 1.807) is 48.9 Å². The van der Waals surface area contributed by atoms with Gasteiger partial charge in [-0.3, -0.25) is 0 Å². The molecule has 1 aromatic carbocycles. The zero-order chi connectivity index (χ0) is 14.7. The van der Waals surface area contributed by atoms with Crippen LogP contribution in [0.15, 0.2) is 36.5 Å². The van der Waals surface area contributed by atoms with Crippen LogP contribution in [0.4, 0.5) is 0 Å². The number of aromatic carboxylic acids is 1. The standard InChI is InChI=1S/C15H15NO4/c1-3-20-15(19)11-8-10(2)16(9-11)13-7-5-4-6-12(13)14(17)18/h4-9H,3H2,1-2H3,(H,17,18). The third kappa shape index (κ3) is 2.56. The summed E-state index contributed by atoms with van der Waals surface area (Å²) in [5, 5.41) is 9.21. The Morgan fingerprint density at radius 2 is 2.00 bits per heavy atom. The number of rotatable bonds is 4. The van der Waals surface area contributed by atoms with Crippen LogP contribution in [0.3, 0.4) is 0 Å². The van der Waals surface area contributed by atoms with Crippen molar-refractivity contribution in [1.29, 1.82) is 0 Å². The molecule has 1 N–H and O–H groups in total. The highest BCUT2D eigenvalue weighted by Crippen LogP contribution is 2.20. The van der Waals surface area contributed by atoms with E-state index in [0.29, 0.717) is 17.9 Å². The maximum Gasteiger partial charge on any atom is 0.339 e. The topological polar surface area (TPSA) is 68.5 Å². The van der Waals surface area contributed by atoms with Gasteiger partial charge in [0, 0.05) is 11.9 Å². The molecule has 2 rings (SSSR count). The molecule has 1 heterocycles. The Bertz CT molecular complexity index is 658. The van der Waals surface area contributed by atoms with Crippen LogP contribution in [0, 0.1) is 6.92 Å². The minimum atomic E-state index is -1.01. The van der Waals surface area contributed by atoms with Crippen LogP contribution in [-0.4, -0.2) is 28.2 Å². The molecule has 0 spiro atoms. The first-order valence-electron chi connectivity index (χ1n) is 6.23. The minimum absolute atomic E-state index is 0.182. The maximum atomic E-state index is 11.7. The average Bonchev–Trinajstić information content (AvgIpc) is 2.81. The van der Waals surface area contributed by atoms with Crippen molar-refractivity contribution in [3.8, 4) is 5.69 Å². The number of aryl methyl sites for hydroxylation is 1. The molecule has 0 atom stereocenters. The summed E-state index contributed by atoms with van der Waals surface area (Å²) in [6.45, 7) is 3.84. The second-order valence-corrected chi connectivity index (χ2v) is 4.28. The number of para-hydroxylation sites is 1. The Hall–Kier alpha value is -2.56. The van der Waals surface area contributed by atoms with Crippen molar-refractivity contribution >= 4 is 11.9 Å². The maximum absolute atomic E-state index is 11.7. The van der Waals surface area contributed by atoms with Crippen molar-refractivity contribution < 1.29 is 19.4 Å². The SMILES string of the molecule is CCOC(=O)c1cc(C)n(-c2ccccc2C(=O)O)c1. The number of carboxylic acids is 1. The first kappa shape index (κ1) is 13.9. The average molecular weight is 273 g/mol. The van der Waals surface area contributed by atoms with Crippen molar-refractivity contribution in [2.45, 2.75) is 13.8 Å². The Kier molecular flexibility index (Phi) is 3.89. The molecule has 0 saturated carbocycles. The van der Waals surface area contributed by atoms with Gasteiger partial charge in [-0.05, 0) is 32.0 Å². The summed E-state index contributed by atoms with van der Waals surface area (Å²) in [5.41, 5.74) is 1.88. The summed E-state index contributed by atoms with van der Waals surface area (Å²) < 4.78 is 6.62. The normalized spacial score (nSPS) is 10.3. The Morgan fingerprint density at radius 3 is 2.65 bits per heavy atom. The van der Waals surface area contributed by atoms with Gasteiger partial charge < -0.3 is 14.4 Å². The third-order valence-electron chi connectivity index (χ3n) is 2.92. The fourth-order valence-electron chi connectivity index (χ4n) is 2.02. The highest BCUT2D eigenvalue weighted by molar-refractivity contribution is 5.93. The molecule has 5 nitrogen and oxygen atoms in total. The van der Waals surface area contributed by atoms with Gasteiger partial charge in [0.15, 0.2) is 0 Å². The fourth-order valence-corrected chi connectivity index (χ4v) is 2.02. The largest absolute Gasteiger partial charge is 0.478 e. The number of carboxylic acid groups (broad SMARTS) is 1. The van der Waals surface area contributed by atoms with E-state index in [4.69, 9.17) is 4.74 Å². The summed E-state index contributed by atoms with van der Waals surface area (Å²) >= 11 is 0. The van der Waals surface area contributed by atoms with E-state index < -0.39 is 11.9 Å². The first-order valence-corrected chi connectivity index (χ1v) is 6.23. The molecule has 0 aliphatic carbocycles. The third-order valence-corrected chi connectivity index (χ3v) is 2.92. The van der Waals surface area contributed by atoms with Gasteiger partial charge in [0.1, 0.15) is 0 Å². The van der Waals surface area contributed by atoms with Crippen LogP contribution >= 0.6 is 0 Å².